The molecular formula is C11H20N2. The van der Waals surface area contributed by atoms with Gasteiger partial charge in [0.15, 0.2) is 0 Å². The Morgan fingerprint density at radius 3 is 2.85 bits per heavy atom. The molecule has 3 aliphatic rings. The largest absolute Gasteiger partial charge is 0.402 e. The zero-order valence-electron chi connectivity index (χ0n) is 8.42. The molecule has 3 rings (SSSR count). The topological polar surface area (TPSA) is 38.0 Å². The van der Waals surface area contributed by atoms with Gasteiger partial charge in [-0.2, -0.15) is 0 Å². The lowest BCUT2D eigenvalue weighted by molar-refractivity contribution is 0.0908. The van der Waals surface area contributed by atoms with Gasteiger partial charge in [0.05, 0.1) is 0 Å². The summed E-state index contributed by atoms with van der Waals surface area (Å²) >= 11 is 0. The van der Waals surface area contributed by atoms with E-state index in [1.54, 1.807) is 0 Å². The first-order chi connectivity index (χ1) is 6.22. The summed E-state index contributed by atoms with van der Waals surface area (Å²) in [7, 11) is 0. The van der Waals surface area contributed by atoms with Crippen LogP contribution in [0, 0.1) is 17.8 Å². The van der Waals surface area contributed by atoms with Crippen LogP contribution in [0.5, 0.6) is 0 Å². The van der Waals surface area contributed by atoms with Crippen molar-refractivity contribution in [1.29, 1.82) is 0 Å². The van der Waals surface area contributed by atoms with Gasteiger partial charge in [0.25, 0.3) is 0 Å². The third-order valence-corrected chi connectivity index (χ3v) is 3.81. The molecule has 3 N–H and O–H groups in total. The van der Waals surface area contributed by atoms with E-state index < -0.39 is 0 Å². The molecule has 2 nitrogen and oxygen atoms in total. The van der Waals surface area contributed by atoms with Crippen molar-refractivity contribution in [3.63, 3.8) is 0 Å². The molecule has 74 valence electrons. The summed E-state index contributed by atoms with van der Waals surface area (Å²) < 4.78 is 0. The number of hydrogen-bond donors (Lipinski definition) is 2. The van der Waals surface area contributed by atoms with Crippen molar-refractivity contribution >= 4 is 0 Å². The molecule has 2 aliphatic heterocycles. The second kappa shape index (κ2) is 3.33. The predicted octanol–water partition coefficient (Wildman–Crippen LogP) is 1.48. The maximum atomic E-state index is 5.84. The number of hydrogen-bond acceptors (Lipinski definition) is 2. The Bertz CT molecular complexity index is 212. The van der Waals surface area contributed by atoms with E-state index in [0.717, 1.165) is 17.5 Å². The second-order valence-corrected chi connectivity index (χ2v) is 4.62. The highest BCUT2D eigenvalue weighted by Crippen LogP contribution is 2.40. The molecule has 3 fully saturated rings. The SMILES string of the molecule is C=C(N)[C@@H]1CC2CNC1C(CC)C2. The highest BCUT2D eigenvalue weighted by Gasteiger charge is 2.41. The van der Waals surface area contributed by atoms with Gasteiger partial charge < -0.3 is 11.1 Å². The highest BCUT2D eigenvalue weighted by molar-refractivity contribution is 5.08. The molecule has 0 aromatic heterocycles. The average Bonchev–Trinajstić information content (AvgIpc) is 2.18. The van der Waals surface area contributed by atoms with Gasteiger partial charge in [0.2, 0.25) is 0 Å². The minimum absolute atomic E-state index is 0.539. The molecule has 2 saturated heterocycles. The molecule has 0 amide bonds. The lowest BCUT2D eigenvalue weighted by atomic mass is 9.66. The molecule has 4 atom stereocenters. The molecule has 13 heavy (non-hydrogen) atoms. The van der Waals surface area contributed by atoms with Crippen LogP contribution in [0.1, 0.15) is 26.2 Å². The van der Waals surface area contributed by atoms with Crippen molar-refractivity contribution in [3.05, 3.63) is 12.3 Å². The van der Waals surface area contributed by atoms with Crippen LogP contribution in [0.2, 0.25) is 0 Å². The maximum Gasteiger partial charge on any atom is 0.0178 e. The summed E-state index contributed by atoms with van der Waals surface area (Å²) in [6.07, 6.45) is 3.94. The summed E-state index contributed by atoms with van der Waals surface area (Å²) in [5, 5.41) is 3.61. The fourth-order valence-electron chi connectivity index (χ4n) is 3.09. The summed E-state index contributed by atoms with van der Waals surface area (Å²) in [6, 6.07) is 0.618. The van der Waals surface area contributed by atoms with Crippen molar-refractivity contribution in [2.24, 2.45) is 23.5 Å². The normalized spacial score (nSPS) is 43.5. The Kier molecular flexibility index (Phi) is 2.33. The molecule has 0 aromatic carbocycles. The fourth-order valence-corrected chi connectivity index (χ4v) is 3.09. The first-order valence-corrected chi connectivity index (χ1v) is 5.40. The predicted molar refractivity (Wildman–Crippen MR) is 55.1 cm³/mol. The Hall–Kier alpha value is -0.500. The van der Waals surface area contributed by atoms with Crippen LogP contribution in [-0.2, 0) is 0 Å². The van der Waals surface area contributed by atoms with Crippen molar-refractivity contribution in [2.45, 2.75) is 32.2 Å². The van der Waals surface area contributed by atoms with Crippen LogP contribution in [0.3, 0.4) is 0 Å². The number of piperidine rings is 2. The van der Waals surface area contributed by atoms with Crippen LogP contribution in [0.15, 0.2) is 12.3 Å². The monoisotopic (exact) mass is 180 g/mol. The van der Waals surface area contributed by atoms with Crippen LogP contribution >= 0.6 is 0 Å². The molecule has 1 saturated carbocycles. The van der Waals surface area contributed by atoms with Gasteiger partial charge in [-0.15, -0.1) is 0 Å². The van der Waals surface area contributed by atoms with E-state index in [1.165, 1.54) is 25.8 Å². The minimum Gasteiger partial charge on any atom is -0.402 e. The van der Waals surface area contributed by atoms with Gasteiger partial charge in [0.1, 0.15) is 0 Å². The zero-order valence-corrected chi connectivity index (χ0v) is 8.42. The third kappa shape index (κ3) is 1.48. The molecule has 2 bridgehead atoms. The fraction of sp³-hybridized carbons (Fsp3) is 0.818. The van der Waals surface area contributed by atoms with Crippen molar-refractivity contribution in [1.82, 2.24) is 5.32 Å². The summed E-state index contributed by atoms with van der Waals surface area (Å²) in [6.45, 7) is 7.38. The van der Waals surface area contributed by atoms with E-state index in [2.05, 4.69) is 18.8 Å². The van der Waals surface area contributed by atoms with E-state index >= 15 is 0 Å². The van der Waals surface area contributed by atoms with Crippen LogP contribution in [0.25, 0.3) is 0 Å². The van der Waals surface area contributed by atoms with Gasteiger partial charge in [-0.3, -0.25) is 0 Å². The second-order valence-electron chi connectivity index (χ2n) is 4.62. The van der Waals surface area contributed by atoms with Gasteiger partial charge in [-0.05, 0) is 31.2 Å². The minimum atomic E-state index is 0.539. The van der Waals surface area contributed by atoms with Crippen molar-refractivity contribution in [2.75, 3.05) is 6.54 Å². The Morgan fingerprint density at radius 2 is 2.31 bits per heavy atom. The van der Waals surface area contributed by atoms with E-state index in [0.29, 0.717) is 12.0 Å². The molecule has 2 heteroatoms. The number of nitrogens with one attached hydrogen (secondary N) is 1. The summed E-state index contributed by atoms with van der Waals surface area (Å²) in [4.78, 5) is 0. The maximum absolute atomic E-state index is 5.84. The standard InChI is InChI=1S/C11H20N2/c1-3-9-4-8-5-10(7(2)12)11(9)13-6-8/h8-11,13H,2-6,12H2,1H3/t8?,9?,10-,11?/m0/s1. The lowest BCUT2D eigenvalue weighted by Gasteiger charge is -2.48. The highest BCUT2D eigenvalue weighted by atomic mass is 15.0. The zero-order chi connectivity index (χ0) is 9.42. The Morgan fingerprint density at radius 1 is 1.54 bits per heavy atom. The van der Waals surface area contributed by atoms with Gasteiger partial charge >= 0.3 is 0 Å². The van der Waals surface area contributed by atoms with E-state index in [1.807, 2.05) is 0 Å². The van der Waals surface area contributed by atoms with Crippen LogP contribution < -0.4 is 11.1 Å². The molecule has 0 aromatic rings. The van der Waals surface area contributed by atoms with Crippen LogP contribution in [-0.4, -0.2) is 12.6 Å². The molecule has 1 aliphatic carbocycles. The molecule has 0 radical (unpaired) electrons. The van der Waals surface area contributed by atoms with E-state index in [4.69, 9.17) is 5.73 Å². The van der Waals surface area contributed by atoms with E-state index in [9.17, 15) is 0 Å². The first-order valence-electron chi connectivity index (χ1n) is 5.40. The average molecular weight is 180 g/mol. The number of nitrogens with two attached hydrogens (primary N) is 1. The lowest BCUT2D eigenvalue weighted by Crippen LogP contribution is -2.56. The molecule has 0 spiro atoms. The number of rotatable bonds is 2. The van der Waals surface area contributed by atoms with E-state index in [-0.39, 0.29) is 0 Å². The number of fused-ring (bicyclic) bond motifs is 3. The third-order valence-electron chi connectivity index (χ3n) is 3.81. The van der Waals surface area contributed by atoms with Crippen LogP contribution in [0.4, 0.5) is 0 Å². The Balaban J connectivity index is 2.12. The first kappa shape index (κ1) is 9.07. The van der Waals surface area contributed by atoms with Gasteiger partial charge in [-0.1, -0.05) is 19.9 Å². The summed E-state index contributed by atoms with van der Waals surface area (Å²) in [5.74, 6) is 2.22. The molecule has 3 unspecified atom stereocenters. The van der Waals surface area contributed by atoms with Gasteiger partial charge in [0, 0.05) is 17.7 Å². The van der Waals surface area contributed by atoms with Gasteiger partial charge in [-0.25, -0.2) is 0 Å². The van der Waals surface area contributed by atoms with Crippen molar-refractivity contribution in [3.8, 4) is 0 Å². The van der Waals surface area contributed by atoms with Crippen molar-refractivity contribution < 1.29 is 0 Å². The quantitative estimate of drug-likeness (QED) is 0.675. The molecule has 2 heterocycles. The smallest absolute Gasteiger partial charge is 0.0178 e. The Labute approximate surface area is 80.6 Å². The molecular weight excluding hydrogens is 160 g/mol. The summed E-state index contributed by atoms with van der Waals surface area (Å²) in [5.41, 5.74) is 6.73.